The Balaban J connectivity index is 2.03. The van der Waals surface area contributed by atoms with E-state index in [2.05, 4.69) is 18.7 Å². The molecule has 0 radical (unpaired) electrons. The Bertz CT molecular complexity index is 304. The van der Waals surface area contributed by atoms with Crippen LogP contribution in [0.1, 0.15) is 46.0 Å². The van der Waals surface area contributed by atoms with E-state index in [0.717, 1.165) is 25.9 Å². The highest BCUT2D eigenvalue weighted by atomic mass is 16.1. The molecule has 3 aliphatic rings. The fraction of sp³-hybridized carbons (Fsp3) is 0.923. The molecule has 3 rings (SSSR count). The van der Waals surface area contributed by atoms with Crippen molar-refractivity contribution in [2.75, 3.05) is 13.1 Å². The number of rotatable bonds is 1. The van der Waals surface area contributed by atoms with Crippen LogP contribution in [0.4, 0.5) is 0 Å². The van der Waals surface area contributed by atoms with Gasteiger partial charge >= 0.3 is 0 Å². The fourth-order valence-corrected chi connectivity index (χ4v) is 4.49. The van der Waals surface area contributed by atoms with Crippen molar-refractivity contribution in [1.29, 1.82) is 0 Å². The van der Waals surface area contributed by atoms with E-state index >= 15 is 0 Å². The highest BCUT2D eigenvalue weighted by molar-refractivity contribution is 5.93. The number of fused-ring (bicyclic) bond motifs is 2. The Hall–Kier alpha value is -0.370. The first-order valence-electron chi connectivity index (χ1n) is 6.37. The van der Waals surface area contributed by atoms with Crippen LogP contribution in [0.5, 0.6) is 0 Å². The minimum atomic E-state index is -0.0613. The molecule has 1 heterocycles. The summed E-state index contributed by atoms with van der Waals surface area (Å²) in [5.41, 5.74) is 0.169. The van der Waals surface area contributed by atoms with Crippen LogP contribution in [0, 0.1) is 11.3 Å². The molecule has 0 N–H and O–H groups in total. The van der Waals surface area contributed by atoms with Crippen LogP contribution in [0.25, 0.3) is 0 Å². The molecule has 2 nitrogen and oxygen atoms in total. The van der Waals surface area contributed by atoms with Crippen LogP contribution in [-0.4, -0.2) is 29.3 Å². The highest BCUT2D eigenvalue weighted by Crippen LogP contribution is 2.61. The van der Waals surface area contributed by atoms with Crippen LogP contribution < -0.4 is 0 Å². The van der Waals surface area contributed by atoms with Gasteiger partial charge in [-0.25, -0.2) is 0 Å². The molecule has 2 aliphatic carbocycles. The summed E-state index contributed by atoms with van der Waals surface area (Å²) >= 11 is 0. The van der Waals surface area contributed by atoms with Crippen LogP contribution in [0.15, 0.2) is 0 Å². The van der Waals surface area contributed by atoms with Gasteiger partial charge in [0.25, 0.3) is 0 Å². The predicted molar refractivity (Wildman–Crippen MR) is 59.7 cm³/mol. The number of carbonyl (C=O) groups excluding carboxylic acids is 1. The van der Waals surface area contributed by atoms with Crippen molar-refractivity contribution < 1.29 is 4.79 Å². The molecule has 2 atom stereocenters. The van der Waals surface area contributed by atoms with Gasteiger partial charge in [-0.1, -0.05) is 13.8 Å². The molecule has 0 aromatic rings. The third-order valence-electron chi connectivity index (χ3n) is 5.48. The molecular weight excluding hydrogens is 186 g/mol. The lowest BCUT2D eigenvalue weighted by atomic mass is 9.75. The number of Topliss-reactive ketones (excluding diaryl/α,β-unsaturated/α-hetero) is 1. The van der Waals surface area contributed by atoms with Gasteiger partial charge in [0.15, 0.2) is 5.78 Å². The van der Waals surface area contributed by atoms with E-state index in [0.29, 0.717) is 11.7 Å². The van der Waals surface area contributed by atoms with Gasteiger partial charge < -0.3 is 0 Å². The lowest BCUT2D eigenvalue weighted by molar-refractivity contribution is -0.131. The average Bonchev–Trinajstić information content (AvgIpc) is 2.80. The third-order valence-corrected chi connectivity index (χ3v) is 5.48. The summed E-state index contributed by atoms with van der Waals surface area (Å²) in [7, 11) is 0. The van der Waals surface area contributed by atoms with Gasteiger partial charge in [-0.15, -0.1) is 0 Å². The second kappa shape index (κ2) is 2.85. The number of carbonyl (C=O) groups is 1. The zero-order valence-corrected chi connectivity index (χ0v) is 9.88. The van der Waals surface area contributed by atoms with Crippen molar-refractivity contribution in [3.05, 3.63) is 0 Å². The van der Waals surface area contributed by atoms with E-state index in [-0.39, 0.29) is 11.0 Å². The van der Waals surface area contributed by atoms with Crippen molar-refractivity contribution in [2.24, 2.45) is 11.3 Å². The zero-order valence-electron chi connectivity index (χ0n) is 9.88. The second-order valence-electron chi connectivity index (χ2n) is 6.14. The van der Waals surface area contributed by atoms with Crippen molar-refractivity contribution in [3.8, 4) is 0 Å². The minimum Gasteiger partial charge on any atom is -0.298 e. The molecule has 0 aromatic heterocycles. The minimum absolute atomic E-state index is 0.0613. The molecule has 2 bridgehead atoms. The third kappa shape index (κ3) is 0.968. The standard InChI is InChI=1S/C13H21NO/c1-12(2)10-5-6-13(12,11(15)9-10)14-7-3-4-8-14/h10H,3-9H2,1-2H3/t10?,13-/m1/s1. The van der Waals surface area contributed by atoms with Crippen LogP contribution in [0.3, 0.4) is 0 Å². The van der Waals surface area contributed by atoms with Crippen LogP contribution in [0.2, 0.25) is 0 Å². The maximum absolute atomic E-state index is 12.3. The van der Waals surface area contributed by atoms with Gasteiger partial charge in [0.1, 0.15) is 0 Å². The van der Waals surface area contributed by atoms with Gasteiger partial charge in [0.05, 0.1) is 5.54 Å². The van der Waals surface area contributed by atoms with Crippen LogP contribution >= 0.6 is 0 Å². The Morgan fingerprint density at radius 1 is 1.27 bits per heavy atom. The summed E-state index contributed by atoms with van der Waals surface area (Å²) in [6.45, 7) is 6.96. The summed E-state index contributed by atoms with van der Waals surface area (Å²) in [6, 6.07) is 0. The van der Waals surface area contributed by atoms with E-state index in [1.165, 1.54) is 19.3 Å². The molecule has 0 aromatic carbocycles. The number of nitrogens with zero attached hydrogens (tertiary/aromatic N) is 1. The summed E-state index contributed by atoms with van der Waals surface area (Å²) in [4.78, 5) is 14.8. The van der Waals surface area contributed by atoms with Gasteiger partial charge in [-0.2, -0.15) is 0 Å². The van der Waals surface area contributed by atoms with Gasteiger partial charge in [-0.05, 0) is 50.1 Å². The van der Waals surface area contributed by atoms with Gasteiger partial charge in [-0.3, -0.25) is 9.69 Å². The number of hydrogen-bond donors (Lipinski definition) is 0. The van der Waals surface area contributed by atoms with E-state index in [1.54, 1.807) is 0 Å². The normalized spacial score (nSPS) is 44.1. The Morgan fingerprint density at radius 3 is 2.40 bits per heavy atom. The molecule has 1 aliphatic heterocycles. The van der Waals surface area contributed by atoms with E-state index in [1.807, 2.05) is 0 Å². The first-order valence-corrected chi connectivity index (χ1v) is 6.37. The molecular formula is C13H21NO. The second-order valence-corrected chi connectivity index (χ2v) is 6.14. The van der Waals surface area contributed by atoms with Gasteiger partial charge in [0.2, 0.25) is 0 Å². The quantitative estimate of drug-likeness (QED) is 0.657. The Labute approximate surface area is 92.0 Å². The van der Waals surface area contributed by atoms with Crippen LogP contribution in [-0.2, 0) is 4.79 Å². The molecule has 1 saturated heterocycles. The number of ketones is 1. The van der Waals surface area contributed by atoms with Crippen molar-refractivity contribution in [2.45, 2.75) is 51.5 Å². The fourth-order valence-electron chi connectivity index (χ4n) is 4.49. The predicted octanol–water partition coefficient (Wildman–Crippen LogP) is 2.23. The maximum atomic E-state index is 12.3. The first kappa shape index (κ1) is 9.83. The molecule has 84 valence electrons. The topological polar surface area (TPSA) is 20.3 Å². The smallest absolute Gasteiger partial charge is 0.153 e. The van der Waals surface area contributed by atoms with E-state index < -0.39 is 0 Å². The highest BCUT2D eigenvalue weighted by Gasteiger charge is 2.66. The first-order chi connectivity index (χ1) is 7.09. The molecule has 2 heteroatoms. The lowest BCUT2D eigenvalue weighted by Crippen LogP contribution is -2.56. The van der Waals surface area contributed by atoms with Crippen molar-refractivity contribution in [1.82, 2.24) is 4.90 Å². The van der Waals surface area contributed by atoms with Crippen molar-refractivity contribution in [3.63, 3.8) is 0 Å². The number of hydrogen-bond acceptors (Lipinski definition) is 2. The molecule has 2 saturated carbocycles. The van der Waals surface area contributed by atoms with E-state index in [4.69, 9.17) is 0 Å². The largest absolute Gasteiger partial charge is 0.298 e. The lowest BCUT2D eigenvalue weighted by Gasteiger charge is -2.44. The Kier molecular flexibility index (Phi) is 1.87. The molecule has 0 spiro atoms. The summed E-state index contributed by atoms with van der Waals surface area (Å²) in [6.07, 6.45) is 5.83. The Morgan fingerprint density at radius 2 is 1.93 bits per heavy atom. The monoisotopic (exact) mass is 207 g/mol. The molecule has 0 amide bonds. The summed E-state index contributed by atoms with van der Waals surface area (Å²) in [5.74, 6) is 1.20. The summed E-state index contributed by atoms with van der Waals surface area (Å²) in [5, 5.41) is 0. The number of likely N-dealkylation sites (tertiary alicyclic amines) is 1. The van der Waals surface area contributed by atoms with Crippen molar-refractivity contribution >= 4 is 5.78 Å². The maximum Gasteiger partial charge on any atom is 0.153 e. The average molecular weight is 207 g/mol. The van der Waals surface area contributed by atoms with E-state index in [9.17, 15) is 4.79 Å². The molecule has 1 unspecified atom stereocenters. The molecule has 15 heavy (non-hydrogen) atoms. The SMILES string of the molecule is CC1(C)C2CC[C@@]1(N1CCCC1)C(=O)C2. The summed E-state index contributed by atoms with van der Waals surface area (Å²) < 4.78 is 0. The van der Waals surface area contributed by atoms with Gasteiger partial charge in [0, 0.05) is 6.42 Å². The molecule has 3 fully saturated rings. The zero-order chi connectivity index (χ0) is 10.7.